The molecule has 6 nitrogen and oxygen atoms in total. The van der Waals surface area contributed by atoms with Crippen molar-refractivity contribution < 1.29 is 14.6 Å². The zero-order chi connectivity index (χ0) is 17.1. The van der Waals surface area contributed by atoms with Crippen molar-refractivity contribution in [1.29, 1.82) is 0 Å². The lowest BCUT2D eigenvalue weighted by Gasteiger charge is -2.11. The number of nitrogens with one attached hydrogen (secondary N) is 2. The number of pyridine rings is 1. The van der Waals surface area contributed by atoms with E-state index in [1.165, 1.54) is 5.56 Å². The average molecular weight is 327 g/mol. The number of hydrogen-bond acceptors (Lipinski definition) is 5. The molecule has 0 radical (unpaired) electrons. The first kappa shape index (κ1) is 16.4. The Balaban J connectivity index is 1.60. The Labute approximate surface area is 140 Å². The molecule has 24 heavy (non-hydrogen) atoms. The number of ether oxygens (including phenoxy) is 1. The molecule has 2 atom stereocenters. The Morgan fingerprint density at radius 3 is 2.75 bits per heavy atom. The molecule has 2 heterocycles. The lowest BCUT2D eigenvalue weighted by Crippen LogP contribution is -2.35. The Morgan fingerprint density at radius 1 is 1.29 bits per heavy atom. The van der Waals surface area contributed by atoms with Gasteiger partial charge in [-0.3, -0.25) is 4.79 Å². The van der Waals surface area contributed by atoms with Crippen LogP contribution in [0.25, 0.3) is 0 Å². The normalized spacial score (nSPS) is 20.0. The zero-order valence-electron chi connectivity index (χ0n) is 13.7. The fourth-order valence-corrected chi connectivity index (χ4v) is 2.56. The topological polar surface area (TPSA) is 83.5 Å². The third-order valence-electron chi connectivity index (χ3n) is 4.13. The highest BCUT2D eigenvalue weighted by Crippen LogP contribution is 2.23. The molecule has 6 heteroatoms. The maximum absolute atomic E-state index is 12.1. The maximum Gasteiger partial charge on any atom is 0.241 e. The smallest absolute Gasteiger partial charge is 0.241 e. The van der Waals surface area contributed by atoms with Crippen LogP contribution >= 0.6 is 0 Å². The molecule has 126 valence electrons. The van der Waals surface area contributed by atoms with Gasteiger partial charge in [-0.1, -0.05) is 6.07 Å². The van der Waals surface area contributed by atoms with Gasteiger partial charge in [-0.25, -0.2) is 4.98 Å². The van der Waals surface area contributed by atoms with Crippen LogP contribution in [0, 0.1) is 13.8 Å². The van der Waals surface area contributed by atoms with Crippen LogP contribution in [0.3, 0.4) is 0 Å². The van der Waals surface area contributed by atoms with E-state index in [1.54, 1.807) is 18.3 Å². The first-order chi connectivity index (χ1) is 11.5. The van der Waals surface area contributed by atoms with Crippen LogP contribution in [0.2, 0.25) is 0 Å². The Kier molecular flexibility index (Phi) is 4.78. The largest absolute Gasteiger partial charge is 0.439 e. The number of nitrogens with zero attached hydrogens (tertiary/aromatic N) is 1. The number of hydrogen-bond donors (Lipinski definition) is 3. The molecule has 2 aromatic rings. The van der Waals surface area contributed by atoms with Gasteiger partial charge in [-0.2, -0.15) is 0 Å². The average Bonchev–Trinajstić information content (AvgIpc) is 2.99. The molecular formula is C18H21N3O3. The van der Waals surface area contributed by atoms with E-state index < -0.39 is 6.10 Å². The quantitative estimate of drug-likeness (QED) is 0.801. The molecule has 1 aliphatic heterocycles. The molecule has 0 bridgehead atoms. The molecule has 3 rings (SSSR count). The summed E-state index contributed by atoms with van der Waals surface area (Å²) in [7, 11) is 0. The van der Waals surface area contributed by atoms with E-state index in [9.17, 15) is 9.90 Å². The predicted octanol–water partition coefficient (Wildman–Crippen LogP) is 2.15. The number of amides is 1. The van der Waals surface area contributed by atoms with Crippen molar-refractivity contribution in [3.05, 3.63) is 47.7 Å². The number of aliphatic hydroxyl groups excluding tert-OH is 1. The molecule has 0 spiro atoms. The van der Waals surface area contributed by atoms with Crippen LogP contribution in [0.1, 0.15) is 17.5 Å². The second-order valence-corrected chi connectivity index (χ2v) is 6.07. The molecule has 1 saturated heterocycles. The standard InChI is InChI=1S/C18H21N3O3/c1-11-3-5-15(7-12(11)2)24-17-6-4-13(9-20-17)21-18(23)16-8-14(22)10-19-16/h3-7,9,14,16,19,22H,8,10H2,1-2H3,(H,21,23). The Hall–Kier alpha value is -2.44. The lowest BCUT2D eigenvalue weighted by molar-refractivity contribution is -0.117. The van der Waals surface area contributed by atoms with Crippen LogP contribution < -0.4 is 15.4 Å². The fourth-order valence-electron chi connectivity index (χ4n) is 2.56. The molecule has 1 aromatic carbocycles. The summed E-state index contributed by atoms with van der Waals surface area (Å²) in [6, 6.07) is 8.95. The second-order valence-electron chi connectivity index (χ2n) is 6.07. The Morgan fingerprint density at radius 2 is 2.12 bits per heavy atom. The lowest BCUT2D eigenvalue weighted by atomic mass is 10.1. The summed E-state index contributed by atoms with van der Waals surface area (Å²) in [6.45, 7) is 4.52. The number of carbonyl (C=O) groups excluding carboxylic acids is 1. The van der Waals surface area contributed by atoms with Crippen LogP contribution in [-0.4, -0.2) is 34.7 Å². The summed E-state index contributed by atoms with van der Waals surface area (Å²) in [6.07, 6.45) is 1.51. The molecule has 1 amide bonds. The van der Waals surface area contributed by atoms with Gasteiger partial charge in [0.2, 0.25) is 11.8 Å². The highest BCUT2D eigenvalue weighted by molar-refractivity contribution is 5.94. The third kappa shape index (κ3) is 3.90. The van der Waals surface area contributed by atoms with Crippen LogP contribution in [-0.2, 0) is 4.79 Å². The van der Waals surface area contributed by atoms with E-state index in [0.29, 0.717) is 24.5 Å². The molecular weight excluding hydrogens is 306 g/mol. The number of anilines is 1. The first-order valence-corrected chi connectivity index (χ1v) is 7.95. The Bertz CT molecular complexity index is 731. The number of carbonyl (C=O) groups is 1. The number of rotatable bonds is 4. The first-order valence-electron chi connectivity index (χ1n) is 7.95. The summed E-state index contributed by atoms with van der Waals surface area (Å²) in [4.78, 5) is 16.3. The minimum Gasteiger partial charge on any atom is -0.439 e. The number of aryl methyl sites for hydroxylation is 2. The summed E-state index contributed by atoms with van der Waals surface area (Å²) in [5, 5.41) is 15.2. The number of β-amino-alcohol motifs (C(OH)–C–C–N with tert-alkyl or cyclic N) is 1. The molecule has 0 aliphatic carbocycles. The van der Waals surface area contributed by atoms with Gasteiger partial charge >= 0.3 is 0 Å². The monoisotopic (exact) mass is 327 g/mol. The van der Waals surface area contributed by atoms with Gasteiger partial charge in [0.25, 0.3) is 0 Å². The van der Waals surface area contributed by atoms with Crippen LogP contribution in [0.4, 0.5) is 5.69 Å². The van der Waals surface area contributed by atoms with Crippen molar-refractivity contribution in [2.75, 3.05) is 11.9 Å². The van der Waals surface area contributed by atoms with E-state index >= 15 is 0 Å². The van der Waals surface area contributed by atoms with Gasteiger partial charge in [0.1, 0.15) is 5.75 Å². The zero-order valence-corrected chi connectivity index (χ0v) is 13.7. The van der Waals surface area contributed by atoms with Crippen molar-refractivity contribution in [3.63, 3.8) is 0 Å². The van der Waals surface area contributed by atoms with E-state index in [2.05, 4.69) is 15.6 Å². The van der Waals surface area contributed by atoms with E-state index in [0.717, 1.165) is 11.3 Å². The number of aliphatic hydroxyl groups is 1. The number of aromatic nitrogens is 1. The minimum atomic E-state index is -0.465. The van der Waals surface area contributed by atoms with Crippen molar-refractivity contribution in [2.24, 2.45) is 0 Å². The summed E-state index contributed by atoms with van der Waals surface area (Å²) < 4.78 is 5.72. The third-order valence-corrected chi connectivity index (χ3v) is 4.13. The van der Waals surface area contributed by atoms with Gasteiger partial charge in [0.15, 0.2) is 0 Å². The van der Waals surface area contributed by atoms with E-state index in [4.69, 9.17) is 4.74 Å². The maximum atomic E-state index is 12.1. The van der Waals surface area contributed by atoms with Gasteiger partial charge in [-0.15, -0.1) is 0 Å². The van der Waals surface area contributed by atoms with Gasteiger partial charge < -0.3 is 20.5 Å². The van der Waals surface area contributed by atoms with Crippen LogP contribution in [0.5, 0.6) is 11.6 Å². The second kappa shape index (κ2) is 6.98. The molecule has 1 aromatic heterocycles. The molecule has 1 aliphatic rings. The molecule has 2 unspecified atom stereocenters. The summed E-state index contributed by atoms with van der Waals surface area (Å²) >= 11 is 0. The van der Waals surface area contributed by atoms with Crippen LogP contribution in [0.15, 0.2) is 36.5 Å². The summed E-state index contributed by atoms with van der Waals surface area (Å²) in [5.41, 5.74) is 2.96. The van der Waals surface area contributed by atoms with Crippen molar-refractivity contribution in [3.8, 4) is 11.6 Å². The highest BCUT2D eigenvalue weighted by Gasteiger charge is 2.27. The van der Waals surface area contributed by atoms with E-state index in [1.807, 2.05) is 32.0 Å². The molecule has 0 saturated carbocycles. The predicted molar refractivity (Wildman–Crippen MR) is 91.3 cm³/mol. The van der Waals surface area contributed by atoms with Crippen molar-refractivity contribution >= 4 is 11.6 Å². The van der Waals surface area contributed by atoms with E-state index in [-0.39, 0.29) is 11.9 Å². The molecule has 1 fully saturated rings. The van der Waals surface area contributed by atoms with Gasteiger partial charge in [0.05, 0.1) is 24.0 Å². The SMILES string of the molecule is Cc1ccc(Oc2ccc(NC(=O)C3CC(O)CN3)cn2)cc1C. The summed E-state index contributed by atoms with van der Waals surface area (Å²) in [5.74, 6) is 1.02. The number of benzene rings is 1. The van der Waals surface area contributed by atoms with Gasteiger partial charge in [0, 0.05) is 12.6 Å². The van der Waals surface area contributed by atoms with Crippen molar-refractivity contribution in [1.82, 2.24) is 10.3 Å². The highest BCUT2D eigenvalue weighted by atomic mass is 16.5. The molecule has 3 N–H and O–H groups in total. The van der Waals surface area contributed by atoms with Crippen molar-refractivity contribution in [2.45, 2.75) is 32.4 Å². The van der Waals surface area contributed by atoms with Gasteiger partial charge in [-0.05, 0) is 49.6 Å². The fraction of sp³-hybridized carbons (Fsp3) is 0.333. The minimum absolute atomic E-state index is 0.170.